The SMILES string of the molecule is Cc1cccc(CNCC(C)(C)C(=O)O)c1. The molecule has 16 heavy (non-hydrogen) atoms. The van der Waals surface area contributed by atoms with Gasteiger partial charge in [-0.05, 0) is 26.3 Å². The van der Waals surface area contributed by atoms with E-state index >= 15 is 0 Å². The summed E-state index contributed by atoms with van der Waals surface area (Å²) >= 11 is 0. The van der Waals surface area contributed by atoms with Crippen molar-refractivity contribution in [1.29, 1.82) is 0 Å². The molecule has 0 amide bonds. The number of hydrogen-bond acceptors (Lipinski definition) is 2. The van der Waals surface area contributed by atoms with Crippen molar-refractivity contribution in [3.63, 3.8) is 0 Å². The minimum absolute atomic E-state index is 0.469. The normalized spacial score (nSPS) is 11.4. The topological polar surface area (TPSA) is 49.3 Å². The maximum absolute atomic E-state index is 10.9. The van der Waals surface area contributed by atoms with E-state index < -0.39 is 11.4 Å². The summed E-state index contributed by atoms with van der Waals surface area (Å²) in [6, 6.07) is 8.19. The van der Waals surface area contributed by atoms with Crippen molar-refractivity contribution >= 4 is 5.97 Å². The van der Waals surface area contributed by atoms with E-state index in [2.05, 4.69) is 11.4 Å². The average Bonchev–Trinajstić information content (AvgIpc) is 2.17. The zero-order chi connectivity index (χ0) is 12.2. The van der Waals surface area contributed by atoms with Gasteiger partial charge in [0.1, 0.15) is 0 Å². The van der Waals surface area contributed by atoms with Gasteiger partial charge in [-0.1, -0.05) is 29.8 Å². The Hall–Kier alpha value is -1.35. The fraction of sp³-hybridized carbons (Fsp3) is 0.462. The van der Waals surface area contributed by atoms with Crippen molar-refractivity contribution in [2.45, 2.75) is 27.3 Å². The van der Waals surface area contributed by atoms with Gasteiger partial charge in [0, 0.05) is 13.1 Å². The van der Waals surface area contributed by atoms with Gasteiger partial charge in [0.2, 0.25) is 0 Å². The molecule has 0 radical (unpaired) electrons. The van der Waals surface area contributed by atoms with E-state index in [9.17, 15) is 4.79 Å². The van der Waals surface area contributed by atoms with Gasteiger partial charge < -0.3 is 10.4 Å². The third kappa shape index (κ3) is 3.66. The van der Waals surface area contributed by atoms with Crippen LogP contribution in [0.5, 0.6) is 0 Å². The van der Waals surface area contributed by atoms with Gasteiger partial charge in [-0.3, -0.25) is 4.79 Å². The number of benzene rings is 1. The largest absolute Gasteiger partial charge is 0.481 e. The third-order valence-corrected chi connectivity index (χ3v) is 2.56. The van der Waals surface area contributed by atoms with Crippen LogP contribution >= 0.6 is 0 Å². The van der Waals surface area contributed by atoms with E-state index in [-0.39, 0.29) is 0 Å². The predicted octanol–water partition coefficient (Wildman–Crippen LogP) is 2.20. The summed E-state index contributed by atoms with van der Waals surface area (Å²) in [7, 11) is 0. The molecule has 0 saturated carbocycles. The van der Waals surface area contributed by atoms with E-state index in [4.69, 9.17) is 5.11 Å². The summed E-state index contributed by atoms with van der Waals surface area (Å²) in [6.45, 7) is 6.66. The molecule has 0 aliphatic rings. The lowest BCUT2D eigenvalue weighted by molar-refractivity contribution is -0.146. The van der Waals surface area contributed by atoms with Crippen LogP contribution in [0.25, 0.3) is 0 Å². The second-order valence-corrected chi connectivity index (χ2v) is 4.78. The number of carboxylic acids is 1. The number of aryl methyl sites for hydroxylation is 1. The Kier molecular flexibility index (Phi) is 4.07. The molecule has 1 aromatic carbocycles. The van der Waals surface area contributed by atoms with E-state index in [1.807, 2.05) is 25.1 Å². The van der Waals surface area contributed by atoms with Gasteiger partial charge >= 0.3 is 5.97 Å². The number of aliphatic carboxylic acids is 1. The fourth-order valence-electron chi connectivity index (χ4n) is 1.42. The molecule has 3 heteroatoms. The first-order valence-corrected chi connectivity index (χ1v) is 5.41. The predicted molar refractivity (Wildman–Crippen MR) is 64.3 cm³/mol. The first kappa shape index (κ1) is 12.7. The van der Waals surface area contributed by atoms with E-state index in [1.54, 1.807) is 13.8 Å². The van der Waals surface area contributed by atoms with Gasteiger partial charge in [0.25, 0.3) is 0 Å². The van der Waals surface area contributed by atoms with Gasteiger partial charge in [-0.25, -0.2) is 0 Å². The highest BCUT2D eigenvalue weighted by molar-refractivity contribution is 5.73. The lowest BCUT2D eigenvalue weighted by atomic mass is 9.94. The molecular formula is C13H19NO2. The van der Waals surface area contributed by atoms with E-state index in [0.29, 0.717) is 13.1 Å². The summed E-state index contributed by atoms with van der Waals surface area (Å²) in [6.07, 6.45) is 0. The zero-order valence-corrected chi connectivity index (χ0v) is 10.1. The molecule has 0 heterocycles. The smallest absolute Gasteiger partial charge is 0.310 e. The van der Waals surface area contributed by atoms with E-state index in [0.717, 1.165) is 0 Å². The van der Waals surface area contributed by atoms with Crippen LogP contribution in [-0.2, 0) is 11.3 Å². The molecule has 0 atom stereocenters. The molecule has 88 valence electrons. The summed E-state index contributed by atoms with van der Waals surface area (Å²) in [5, 5.41) is 12.1. The molecule has 2 N–H and O–H groups in total. The number of rotatable bonds is 5. The molecule has 0 bridgehead atoms. The lowest BCUT2D eigenvalue weighted by Crippen LogP contribution is -2.35. The van der Waals surface area contributed by atoms with Crippen LogP contribution in [0.15, 0.2) is 24.3 Å². The standard InChI is InChI=1S/C13H19NO2/c1-10-5-4-6-11(7-10)8-14-9-13(2,3)12(15)16/h4-7,14H,8-9H2,1-3H3,(H,15,16). The molecule has 0 saturated heterocycles. The number of carboxylic acid groups (broad SMARTS) is 1. The molecule has 0 aliphatic heterocycles. The first-order chi connectivity index (χ1) is 7.42. The minimum Gasteiger partial charge on any atom is -0.481 e. The molecule has 1 aromatic rings. The van der Waals surface area contributed by atoms with Crippen molar-refractivity contribution in [1.82, 2.24) is 5.32 Å². The molecule has 0 spiro atoms. The Balaban J connectivity index is 2.45. The summed E-state index contributed by atoms with van der Waals surface area (Å²) in [5.74, 6) is -0.774. The van der Waals surface area contributed by atoms with Gasteiger partial charge in [0.05, 0.1) is 5.41 Å². The molecule has 0 unspecified atom stereocenters. The highest BCUT2D eigenvalue weighted by Gasteiger charge is 2.26. The molecule has 0 aromatic heterocycles. The highest BCUT2D eigenvalue weighted by atomic mass is 16.4. The van der Waals surface area contributed by atoms with Crippen molar-refractivity contribution in [3.8, 4) is 0 Å². The summed E-state index contributed by atoms with van der Waals surface area (Å²) < 4.78 is 0. The second-order valence-electron chi connectivity index (χ2n) is 4.78. The van der Waals surface area contributed by atoms with Crippen molar-refractivity contribution in [3.05, 3.63) is 35.4 Å². The molecule has 1 rings (SSSR count). The van der Waals surface area contributed by atoms with E-state index in [1.165, 1.54) is 11.1 Å². The Morgan fingerprint density at radius 2 is 2.12 bits per heavy atom. The van der Waals surface area contributed by atoms with Gasteiger partial charge in [-0.15, -0.1) is 0 Å². The van der Waals surface area contributed by atoms with Crippen molar-refractivity contribution < 1.29 is 9.90 Å². The Morgan fingerprint density at radius 3 is 2.69 bits per heavy atom. The fourth-order valence-corrected chi connectivity index (χ4v) is 1.42. The molecular weight excluding hydrogens is 202 g/mol. The Morgan fingerprint density at radius 1 is 1.44 bits per heavy atom. The molecule has 3 nitrogen and oxygen atoms in total. The van der Waals surface area contributed by atoms with Crippen LogP contribution < -0.4 is 5.32 Å². The summed E-state index contributed by atoms with van der Waals surface area (Å²) in [5.41, 5.74) is 1.68. The van der Waals surface area contributed by atoms with Gasteiger partial charge in [-0.2, -0.15) is 0 Å². The zero-order valence-electron chi connectivity index (χ0n) is 10.1. The molecule has 0 fully saturated rings. The van der Waals surface area contributed by atoms with Crippen LogP contribution in [-0.4, -0.2) is 17.6 Å². The van der Waals surface area contributed by atoms with Crippen molar-refractivity contribution in [2.24, 2.45) is 5.41 Å². The highest BCUT2D eigenvalue weighted by Crippen LogP contribution is 2.13. The monoisotopic (exact) mass is 221 g/mol. The van der Waals surface area contributed by atoms with Crippen LogP contribution in [0.2, 0.25) is 0 Å². The van der Waals surface area contributed by atoms with Crippen molar-refractivity contribution in [2.75, 3.05) is 6.54 Å². The second kappa shape index (κ2) is 5.12. The van der Waals surface area contributed by atoms with Crippen LogP contribution in [0.1, 0.15) is 25.0 Å². The average molecular weight is 221 g/mol. The number of carbonyl (C=O) groups is 1. The third-order valence-electron chi connectivity index (χ3n) is 2.56. The van der Waals surface area contributed by atoms with Crippen LogP contribution in [0.3, 0.4) is 0 Å². The van der Waals surface area contributed by atoms with Crippen LogP contribution in [0.4, 0.5) is 0 Å². The number of nitrogens with one attached hydrogen (secondary N) is 1. The Labute approximate surface area is 96.5 Å². The maximum Gasteiger partial charge on any atom is 0.310 e. The lowest BCUT2D eigenvalue weighted by Gasteiger charge is -2.19. The summed E-state index contributed by atoms with van der Waals surface area (Å²) in [4.78, 5) is 10.9. The minimum atomic E-state index is -0.774. The van der Waals surface area contributed by atoms with Crippen LogP contribution in [0, 0.1) is 12.3 Å². The van der Waals surface area contributed by atoms with Gasteiger partial charge in [0.15, 0.2) is 0 Å². The quantitative estimate of drug-likeness (QED) is 0.801. The maximum atomic E-state index is 10.9. The number of hydrogen-bond donors (Lipinski definition) is 2. The first-order valence-electron chi connectivity index (χ1n) is 5.41. The molecule has 0 aliphatic carbocycles. The Bertz CT molecular complexity index is 372.